The first-order valence-electron chi connectivity index (χ1n) is 12.9. The lowest BCUT2D eigenvalue weighted by atomic mass is 9.86. The normalized spacial score (nSPS) is 18.6. The van der Waals surface area contributed by atoms with Gasteiger partial charge in [-0.1, -0.05) is 0 Å². The van der Waals surface area contributed by atoms with Gasteiger partial charge in [0.1, 0.15) is 30.3 Å². The summed E-state index contributed by atoms with van der Waals surface area (Å²) in [5.41, 5.74) is 3.05. The third-order valence-electron chi connectivity index (χ3n) is 7.36. The minimum Gasteiger partial charge on any atom is -0.489 e. The summed E-state index contributed by atoms with van der Waals surface area (Å²) in [4.78, 5) is 26.1. The Morgan fingerprint density at radius 1 is 1.18 bits per heavy atom. The van der Waals surface area contributed by atoms with Crippen molar-refractivity contribution in [3.63, 3.8) is 0 Å². The van der Waals surface area contributed by atoms with E-state index in [1.807, 2.05) is 17.0 Å². The number of aliphatic hydroxyl groups is 2. The largest absolute Gasteiger partial charge is 0.489 e. The first kappa shape index (κ1) is 25.5. The molecule has 3 aliphatic heterocycles. The van der Waals surface area contributed by atoms with Crippen molar-refractivity contribution in [1.82, 2.24) is 24.5 Å². The molecule has 0 aromatic carbocycles. The van der Waals surface area contributed by atoms with Crippen LogP contribution in [0.1, 0.15) is 22.3 Å². The lowest BCUT2D eigenvalue weighted by Crippen LogP contribution is -2.70. The maximum Gasteiger partial charge on any atom is 0.256 e. The van der Waals surface area contributed by atoms with Gasteiger partial charge in [0.15, 0.2) is 0 Å². The molecular formula is C28H27N7O5. The number of carbonyl (C=O) groups excluding carboxylic acids is 1. The number of aliphatic hydroxyl groups excluding tert-OH is 2. The van der Waals surface area contributed by atoms with Gasteiger partial charge in [-0.2, -0.15) is 10.4 Å². The van der Waals surface area contributed by atoms with Crippen LogP contribution in [0.4, 0.5) is 5.82 Å². The second-order valence-electron chi connectivity index (χ2n) is 9.86. The van der Waals surface area contributed by atoms with E-state index in [1.165, 1.54) is 6.20 Å². The van der Waals surface area contributed by atoms with Crippen LogP contribution in [0.15, 0.2) is 55.1 Å². The fourth-order valence-corrected chi connectivity index (χ4v) is 5.36. The SMILES string of the molecule is COc1ccc(C(=O)N2C3CC2CN(c2ccc(-c4cc(OC[C@H](O)CO)cn5ncc(C#N)c45)cn2)C3)cn1. The van der Waals surface area contributed by atoms with Crippen molar-refractivity contribution in [1.29, 1.82) is 5.26 Å². The zero-order valence-corrected chi connectivity index (χ0v) is 21.7. The molecule has 2 bridgehead atoms. The molecule has 0 spiro atoms. The number of piperazine rings is 1. The second kappa shape index (κ2) is 10.4. The number of pyridine rings is 3. The van der Waals surface area contributed by atoms with Crippen molar-refractivity contribution < 1.29 is 24.5 Å². The van der Waals surface area contributed by atoms with E-state index in [1.54, 1.807) is 48.4 Å². The maximum atomic E-state index is 13.1. The van der Waals surface area contributed by atoms with Crippen molar-refractivity contribution in [2.45, 2.75) is 24.6 Å². The molecule has 3 fully saturated rings. The van der Waals surface area contributed by atoms with E-state index in [-0.39, 0.29) is 24.6 Å². The van der Waals surface area contributed by atoms with Crippen molar-refractivity contribution in [2.75, 3.05) is 38.3 Å². The lowest BCUT2D eigenvalue weighted by molar-refractivity contribution is 0.00572. The highest BCUT2D eigenvalue weighted by Crippen LogP contribution is 2.36. The van der Waals surface area contributed by atoms with Gasteiger partial charge in [0, 0.05) is 42.7 Å². The molecule has 7 rings (SSSR count). The van der Waals surface area contributed by atoms with E-state index < -0.39 is 12.7 Å². The number of aromatic nitrogens is 4. The minimum absolute atomic E-state index is 0.0221. The second-order valence-corrected chi connectivity index (χ2v) is 9.86. The standard InChI is InChI=1S/C28H27N7O5/c1-39-26-5-3-18(10-31-26)28(38)35-20-6-21(35)13-33(12-20)25-4-2-17(9-30-25)24-7-23(40-16-22(37)15-36)14-34-27(24)19(8-29)11-32-34/h2-5,7,9-11,14,20-22,36-37H,6,12-13,15-16H2,1H3/t20?,21?,22-/m1/s1. The number of nitrogens with zero attached hydrogens (tertiary/aromatic N) is 7. The smallest absolute Gasteiger partial charge is 0.256 e. The number of fused-ring (bicyclic) bond motifs is 3. The number of amides is 1. The van der Waals surface area contributed by atoms with Crippen molar-refractivity contribution in [3.05, 3.63) is 66.2 Å². The van der Waals surface area contributed by atoms with Gasteiger partial charge in [0.2, 0.25) is 5.88 Å². The van der Waals surface area contributed by atoms with Gasteiger partial charge in [-0.05, 0) is 30.7 Å². The van der Waals surface area contributed by atoms with Crippen LogP contribution in [0.2, 0.25) is 0 Å². The van der Waals surface area contributed by atoms with Gasteiger partial charge in [-0.3, -0.25) is 4.79 Å². The molecule has 12 nitrogen and oxygen atoms in total. The molecule has 4 aromatic heterocycles. The number of carbonyl (C=O) groups is 1. The van der Waals surface area contributed by atoms with Gasteiger partial charge >= 0.3 is 0 Å². The van der Waals surface area contributed by atoms with Gasteiger partial charge in [0.25, 0.3) is 5.91 Å². The van der Waals surface area contributed by atoms with Crippen LogP contribution in [-0.4, -0.2) is 92.2 Å². The van der Waals surface area contributed by atoms with E-state index in [2.05, 4.69) is 21.1 Å². The molecule has 3 saturated heterocycles. The van der Waals surface area contributed by atoms with Crippen LogP contribution >= 0.6 is 0 Å². The number of ether oxygens (including phenoxy) is 2. The molecule has 40 heavy (non-hydrogen) atoms. The number of rotatable bonds is 8. The first-order valence-corrected chi connectivity index (χ1v) is 12.9. The molecule has 0 saturated carbocycles. The summed E-state index contributed by atoms with van der Waals surface area (Å²) in [6, 6.07) is 11.4. The molecule has 3 aliphatic rings. The Morgan fingerprint density at radius 3 is 2.65 bits per heavy atom. The molecule has 4 aromatic rings. The van der Waals surface area contributed by atoms with Crippen molar-refractivity contribution >= 4 is 17.2 Å². The van der Waals surface area contributed by atoms with Crippen LogP contribution in [0, 0.1) is 11.3 Å². The number of methoxy groups -OCH3 is 1. The number of piperidine rings is 1. The molecule has 7 heterocycles. The monoisotopic (exact) mass is 541 g/mol. The molecule has 0 radical (unpaired) electrons. The lowest BCUT2D eigenvalue weighted by Gasteiger charge is -2.56. The summed E-state index contributed by atoms with van der Waals surface area (Å²) >= 11 is 0. The summed E-state index contributed by atoms with van der Waals surface area (Å²) in [7, 11) is 1.54. The first-order chi connectivity index (χ1) is 19.5. The summed E-state index contributed by atoms with van der Waals surface area (Å²) in [6.45, 7) is 0.862. The van der Waals surface area contributed by atoms with Gasteiger partial charge in [-0.15, -0.1) is 0 Å². The Morgan fingerprint density at radius 2 is 2.00 bits per heavy atom. The number of hydrogen-bond acceptors (Lipinski definition) is 10. The average molecular weight is 542 g/mol. The number of hydrogen-bond donors (Lipinski definition) is 2. The molecule has 12 heteroatoms. The van der Waals surface area contributed by atoms with E-state index in [9.17, 15) is 15.2 Å². The van der Waals surface area contributed by atoms with Gasteiger partial charge in [-0.25, -0.2) is 14.5 Å². The predicted octanol–water partition coefficient (Wildman–Crippen LogP) is 1.51. The summed E-state index contributed by atoms with van der Waals surface area (Å²) in [5.74, 6) is 1.68. The van der Waals surface area contributed by atoms with Gasteiger partial charge < -0.3 is 29.5 Å². The molecule has 2 N–H and O–H groups in total. The Hall–Kier alpha value is -4.73. The highest BCUT2D eigenvalue weighted by Gasteiger charge is 2.47. The fraction of sp³-hybridized carbons (Fsp3) is 0.321. The van der Waals surface area contributed by atoms with E-state index >= 15 is 0 Å². The van der Waals surface area contributed by atoms with Crippen LogP contribution in [0.25, 0.3) is 16.6 Å². The van der Waals surface area contributed by atoms with E-state index in [0.717, 1.165) is 17.8 Å². The molecule has 204 valence electrons. The van der Waals surface area contributed by atoms with Crippen LogP contribution in [-0.2, 0) is 0 Å². The molecular weight excluding hydrogens is 514 g/mol. The summed E-state index contributed by atoms with van der Waals surface area (Å²) in [6.07, 6.45) is 6.36. The van der Waals surface area contributed by atoms with Crippen molar-refractivity contribution in [3.8, 4) is 28.8 Å². The Kier molecular flexibility index (Phi) is 6.67. The number of anilines is 1. The highest BCUT2D eigenvalue weighted by molar-refractivity contribution is 5.95. The Balaban J connectivity index is 1.20. The van der Waals surface area contributed by atoms with Gasteiger partial charge in [0.05, 0.1) is 54.8 Å². The third kappa shape index (κ3) is 4.55. The highest BCUT2D eigenvalue weighted by atomic mass is 16.5. The zero-order valence-electron chi connectivity index (χ0n) is 21.7. The quantitative estimate of drug-likeness (QED) is 0.336. The summed E-state index contributed by atoms with van der Waals surface area (Å²) < 4.78 is 12.3. The molecule has 2 unspecified atom stereocenters. The third-order valence-corrected chi connectivity index (χ3v) is 7.36. The molecule has 1 amide bonds. The number of nitriles is 1. The fourth-order valence-electron chi connectivity index (χ4n) is 5.36. The van der Waals surface area contributed by atoms with Crippen LogP contribution < -0.4 is 14.4 Å². The van der Waals surface area contributed by atoms with Crippen LogP contribution in [0.5, 0.6) is 11.6 Å². The maximum absolute atomic E-state index is 13.1. The van der Waals surface area contributed by atoms with Crippen molar-refractivity contribution in [2.24, 2.45) is 0 Å². The minimum atomic E-state index is -1.01. The Bertz CT molecular complexity index is 1570. The van der Waals surface area contributed by atoms with Crippen LogP contribution in [0.3, 0.4) is 0 Å². The molecule has 3 atom stereocenters. The zero-order chi connectivity index (χ0) is 27.8. The topological polar surface area (TPSA) is 149 Å². The Labute approximate surface area is 229 Å². The molecule has 0 aliphatic carbocycles. The van der Waals surface area contributed by atoms with E-state index in [0.29, 0.717) is 46.9 Å². The average Bonchev–Trinajstić information content (AvgIpc) is 3.42. The predicted molar refractivity (Wildman–Crippen MR) is 143 cm³/mol. The summed E-state index contributed by atoms with van der Waals surface area (Å²) in [5, 5.41) is 32.7. The van der Waals surface area contributed by atoms with E-state index in [4.69, 9.17) is 19.6 Å².